The number of thioether (sulfide) groups is 1. The molecule has 1 heterocycles. The largest absolute Gasteiger partial charge is 0.497 e. The highest BCUT2D eigenvalue weighted by molar-refractivity contribution is 7.99. The Morgan fingerprint density at radius 3 is 2.62 bits per heavy atom. The maximum absolute atomic E-state index is 5.13. The van der Waals surface area contributed by atoms with Gasteiger partial charge in [0.1, 0.15) is 5.75 Å². The monoisotopic (exact) mass is 194 g/mol. The molecule has 0 aromatic heterocycles. The summed E-state index contributed by atoms with van der Waals surface area (Å²) in [6.45, 7) is 0. The van der Waals surface area contributed by atoms with Gasteiger partial charge in [0.15, 0.2) is 0 Å². The van der Waals surface area contributed by atoms with Gasteiger partial charge in [-0.3, -0.25) is 0 Å². The van der Waals surface area contributed by atoms with Gasteiger partial charge in [0, 0.05) is 5.75 Å². The molecule has 70 valence electrons. The molecule has 1 nitrogen and oxygen atoms in total. The van der Waals surface area contributed by atoms with E-state index < -0.39 is 0 Å². The van der Waals surface area contributed by atoms with Crippen molar-refractivity contribution in [1.29, 1.82) is 0 Å². The summed E-state index contributed by atoms with van der Waals surface area (Å²) in [6, 6.07) is 8.49. The van der Waals surface area contributed by atoms with Crippen molar-refractivity contribution in [3.05, 3.63) is 29.8 Å². The molecule has 2 rings (SSSR count). The van der Waals surface area contributed by atoms with Crippen LogP contribution >= 0.6 is 11.8 Å². The Balaban J connectivity index is 2.12. The molecular formula is C11H14OS. The van der Waals surface area contributed by atoms with Gasteiger partial charge in [-0.05, 0) is 35.8 Å². The Labute approximate surface area is 83.5 Å². The summed E-state index contributed by atoms with van der Waals surface area (Å²) >= 11 is 2.06. The zero-order valence-electron chi connectivity index (χ0n) is 7.82. The minimum Gasteiger partial charge on any atom is -0.497 e. The summed E-state index contributed by atoms with van der Waals surface area (Å²) in [7, 11) is 1.71. The first-order valence-corrected chi connectivity index (χ1v) is 5.77. The van der Waals surface area contributed by atoms with Crippen LogP contribution in [0, 0.1) is 0 Å². The molecule has 1 atom stereocenters. The van der Waals surface area contributed by atoms with Crippen LogP contribution < -0.4 is 4.74 Å². The first-order valence-electron chi connectivity index (χ1n) is 4.62. The molecule has 2 heteroatoms. The molecule has 0 bridgehead atoms. The summed E-state index contributed by atoms with van der Waals surface area (Å²) in [5, 5.41) is 0. The molecule has 13 heavy (non-hydrogen) atoms. The average Bonchev–Trinajstić information content (AvgIpc) is 2.71. The Kier molecular flexibility index (Phi) is 2.79. The number of hydrogen-bond donors (Lipinski definition) is 0. The van der Waals surface area contributed by atoms with Gasteiger partial charge >= 0.3 is 0 Å². The minimum atomic E-state index is 0.774. The summed E-state index contributed by atoms with van der Waals surface area (Å²) in [6.07, 6.45) is 1.33. The third-order valence-electron chi connectivity index (χ3n) is 2.52. The van der Waals surface area contributed by atoms with Gasteiger partial charge in [-0.2, -0.15) is 11.8 Å². The van der Waals surface area contributed by atoms with Gasteiger partial charge in [-0.15, -0.1) is 0 Å². The fourth-order valence-corrected chi connectivity index (χ4v) is 2.93. The molecule has 0 spiro atoms. The van der Waals surface area contributed by atoms with Crippen molar-refractivity contribution in [2.45, 2.75) is 12.3 Å². The average molecular weight is 194 g/mol. The molecule has 1 aromatic carbocycles. The molecule has 1 saturated heterocycles. The lowest BCUT2D eigenvalue weighted by atomic mass is 9.99. The van der Waals surface area contributed by atoms with E-state index in [0.29, 0.717) is 0 Å². The first-order chi connectivity index (χ1) is 6.40. The SMILES string of the molecule is COc1ccc(C2CCSC2)cc1. The lowest BCUT2D eigenvalue weighted by molar-refractivity contribution is 0.414. The van der Waals surface area contributed by atoms with E-state index in [9.17, 15) is 0 Å². The van der Waals surface area contributed by atoms with Crippen molar-refractivity contribution in [3.8, 4) is 5.75 Å². The number of ether oxygens (including phenoxy) is 1. The second-order valence-corrected chi connectivity index (χ2v) is 4.48. The van der Waals surface area contributed by atoms with Gasteiger partial charge in [0.05, 0.1) is 7.11 Å². The third kappa shape index (κ3) is 1.99. The van der Waals surface area contributed by atoms with Crippen molar-refractivity contribution < 1.29 is 4.74 Å². The lowest BCUT2D eigenvalue weighted by Crippen LogP contribution is -1.95. The zero-order valence-corrected chi connectivity index (χ0v) is 8.64. The van der Waals surface area contributed by atoms with Crippen molar-refractivity contribution >= 4 is 11.8 Å². The predicted molar refractivity (Wildman–Crippen MR) is 57.7 cm³/mol. The Bertz CT molecular complexity index is 262. The van der Waals surface area contributed by atoms with Crippen LogP contribution in [0.15, 0.2) is 24.3 Å². The number of benzene rings is 1. The molecule has 0 radical (unpaired) electrons. The summed E-state index contributed by atoms with van der Waals surface area (Å²) in [5.41, 5.74) is 1.46. The maximum Gasteiger partial charge on any atom is 0.118 e. The van der Waals surface area contributed by atoms with Crippen LogP contribution in [0.25, 0.3) is 0 Å². The van der Waals surface area contributed by atoms with E-state index in [1.54, 1.807) is 7.11 Å². The molecular weight excluding hydrogens is 180 g/mol. The Morgan fingerprint density at radius 1 is 1.31 bits per heavy atom. The molecule has 0 N–H and O–H groups in total. The topological polar surface area (TPSA) is 9.23 Å². The van der Waals surface area contributed by atoms with E-state index in [1.165, 1.54) is 23.5 Å². The van der Waals surface area contributed by atoms with E-state index in [0.717, 1.165) is 11.7 Å². The van der Waals surface area contributed by atoms with Crippen molar-refractivity contribution in [2.24, 2.45) is 0 Å². The lowest BCUT2D eigenvalue weighted by Gasteiger charge is -2.08. The highest BCUT2D eigenvalue weighted by Gasteiger charge is 2.16. The fraction of sp³-hybridized carbons (Fsp3) is 0.455. The van der Waals surface area contributed by atoms with Gasteiger partial charge in [-0.1, -0.05) is 12.1 Å². The number of hydrogen-bond acceptors (Lipinski definition) is 2. The molecule has 1 aromatic rings. The Hall–Kier alpha value is -0.630. The van der Waals surface area contributed by atoms with Crippen LogP contribution in [-0.4, -0.2) is 18.6 Å². The maximum atomic E-state index is 5.13. The molecule has 1 unspecified atom stereocenters. The molecule has 1 aliphatic heterocycles. The number of rotatable bonds is 2. The molecule has 1 fully saturated rings. The highest BCUT2D eigenvalue weighted by Crippen LogP contribution is 2.32. The summed E-state index contributed by atoms with van der Waals surface area (Å²) in [4.78, 5) is 0. The summed E-state index contributed by atoms with van der Waals surface area (Å²) < 4.78 is 5.13. The van der Waals surface area contributed by atoms with Gasteiger partial charge in [-0.25, -0.2) is 0 Å². The van der Waals surface area contributed by atoms with E-state index in [1.807, 2.05) is 0 Å². The molecule has 0 aliphatic carbocycles. The fourth-order valence-electron chi connectivity index (χ4n) is 1.67. The van der Waals surface area contributed by atoms with Gasteiger partial charge in [0.25, 0.3) is 0 Å². The van der Waals surface area contributed by atoms with Gasteiger partial charge in [0.2, 0.25) is 0 Å². The van der Waals surface area contributed by atoms with Crippen LogP contribution in [-0.2, 0) is 0 Å². The minimum absolute atomic E-state index is 0.774. The van der Waals surface area contributed by atoms with Crippen LogP contribution in [0.2, 0.25) is 0 Å². The van der Waals surface area contributed by atoms with Crippen LogP contribution in [0.5, 0.6) is 5.75 Å². The zero-order chi connectivity index (χ0) is 9.10. The second kappa shape index (κ2) is 4.05. The standard InChI is InChI=1S/C11H14OS/c1-12-11-4-2-9(3-5-11)10-6-7-13-8-10/h2-5,10H,6-8H2,1H3. The van der Waals surface area contributed by atoms with Crippen LogP contribution in [0.1, 0.15) is 17.9 Å². The van der Waals surface area contributed by atoms with Gasteiger partial charge < -0.3 is 4.74 Å². The Morgan fingerprint density at radius 2 is 2.08 bits per heavy atom. The number of methoxy groups -OCH3 is 1. The van der Waals surface area contributed by atoms with E-state index in [-0.39, 0.29) is 0 Å². The molecule has 1 aliphatic rings. The van der Waals surface area contributed by atoms with Crippen molar-refractivity contribution in [1.82, 2.24) is 0 Å². The van der Waals surface area contributed by atoms with Crippen LogP contribution in [0.3, 0.4) is 0 Å². The first kappa shape index (κ1) is 8.95. The van der Waals surface area contributed by atoms with Crippen molar-refractivity contribution in [2.75, 3.05) is 18.6 Å². The predicted octanol–water partition coefficient (Wildman–Crippen LogP) is 2.92. The van der Waals surface area contributed by atoms with Crippen molar-refractivity contribution in [3.63, 3.8) is 0 Å². The van der Waals surface area contributed by atoms with E-state index in [2.05, 4.69) is 36.0 Å². The molecule has 0 saturated carbocycles. The third-order valence-corrected chi connectivity index (χ3v) is 3.68. The van der Waals surface area contributed by atoms with E-state index >= 15 is 0 Å². The van der Waals surface area contributed by atoms with E-state index in [4.69, 9.17) is 4.74 Å². The van der Waals surface area contributed by atoms with Crippen LogP contribution in [0.4, 0.5) is 0 Å². The second-order valence-electron chi connectivity index (χ2n) is 3.33. The normalized spacial score (nSPS) is 21.8. The smallest absolute Gasteiger partial charge is 0.118 e. The summed E-state index contributed by atoms with van der Waals surface area (Å²) in [5.74, 6) is 4.33. The molecule has 0 amide bonds. The highest BCUT2D eigenvalue weighted by atomic mass is 32.2. The quantitative estimate of drug-likeness (QED) is 0.716.